The number of dihydropyridines is 1. The van der Waals surface area contributed by atoms with Gasteiger partial charge in [-0.05, 0) is 159 Å². The van der Waals surface area contributed by atoms with Crippen molar-refractivity contribution in [1.29, 1.82) is 0 Å². The molecule has 0 saturated heterocycles. The molecule has 0 unspecified atom stereocenters. The van der Waals surface area contributed by atoms with Crippen molar-refractivity contribution >= 4 is 5.97 Å². The molecule has 1 aromatic heterocycles. The fourth-order valence-corrected chi connectivity index (χ4v) is 14.0. The Labute approximate surface area is 411 Å². The number of benzene rings is 2. The van der Waals surface area contributed by atoms with Gasteiger partial charge in [0, 0.05) is 53.4 Å². The fourth-order valence-electron chi connectivity index (χ4n) is 14.0. The quantitative estimate of drug-likeness (QED) is 0.0441. The molecule has 10 N–H and O–H groups in total. The summed E-state index contributed by atoms with van der Waals surface area (Å²) in [7, 11) is 0. The minimum atomic E-state index is -1.13. The molecular weight excluding hydrogens is 863 g/mol. The van der Waals surface area contributed by atoms with Gasteiger partial charge in [-0.2, -0.15) is 0 Å². The number of H-pyrrole nitrogens is 1. The monoisotopic (exact) mass is 946 g/mol. The third-order valence-electron chi connectivity index (χ3n) is 17.8. The van der Waals surface area contributed by atoms with Crippen molar-refractivity contribution in [2.75, 3.05) is 6.54 Å². The minimum absolute atomic E-state index is 0.0222. The Balaban J connectivity index is 1.13. The van der Waals surface area contributed by atoms with Gasteiger partial charge in [0.05, 0.1) is 29.5 Å². The third kappa shape index (κ3) is 11.3. The number of carbonyl (C=O) groups is 1. The molecular formula is C59H83N3O7. The Kier molecular flexibility index (Phi) is 16.4. The molecule has 2 aromatic carbocycles. The number of nitrogens with two attached hydrogens (primary N) is 1. The molecule has 3 saturated carbocycles. The number of unbranched alkanes of at least 4 members (excludes halogenated alkanes) is 3. The number of aliphatic hydroxyl groups is 3. The van der Waals surface area contributed by atoms with E-state index >= 15 is 0 Å². The normalized spacial score (nSPS) is 31.3. The summed E-state index contributed by atoms with van der Waals surface area (Å²) in [6.07, 6.45) is 21.7. The van der Waals surface area contributed by atoms with Crippen LogP contribution in [-0.2, 0) is 17.6 Å². The van der Waals surface area contributed by atoms with Crippen LogP contribution in [0.3, 0.4) is 0 Å². The van der Waals surface area contributed by atoms with Gasteiger partial charge in [0.25, 0.3) is 0 Å². The minimum Gasteiger partial charge on any atom is -0.508 e. The predicted molar refractivity (Wildman–Crippen MR) is 275 cm³/mol. The van der Waals surface area contributed by atoms with Crippen LogP contribution in [0.1, 0.15) is 170 Å². The first kappa shape index (κ1) is 50.9. The molecule has 3 aromatic rings. The second kappa shape index (κ2) is 22.3. The molecule has 12 atom stereocenters. The Morgan fingerprint density at radius 1 is 0.884 bits per heavy atom. The van der Waals surface area contributed by atoms with Crippen LogP contribution >= 0.6 is 0 Å². The highest BCUT2D eigenvalue weighted by Crippen LogP contribution is 2.61. The maximum absolute atomic E-state index is 13.5. The topological polar surface area (TPSA) is 192 Å². The molecule has 0 radical (unpaired) electrons. The second-order valence-corrected chi connectivity index (χ2v) is 22.4. The van der Waals surface area contributed by atoms with Crippen LogP contribution < -0.4 is 11.1 Å². The van der Waals surface area contributed by atoms with Crippen molar-refractivity contribution in [3.05, 3.63) is 106 Å². The first-order chi connectivity index (χ1) is 33.2. The van der Waals surface area contributed by atoms with Crippen LogP contribution in [0.4, 0.5) is 0 Å². The number of phenols is 2. The van der Waals surface area contributed by atoms with Gasteiger partial charge < -0.3 is 46.7 Å². The summed E-state index contributed by atoms with van der Waals surface area (Å²) in [5.74, 6) is -1.13. The van der Waals surface area contributed by atoms with E-state index in [9.17, 15) is 35.4 Å². The number of nitrogens with one attached hydrogen (secondary N) is 2. The molecule has 8 rings (SSSR count). The first-order valence-electron chi connectivity index (χ1n) is 26.9. The summed E-state index contributed by atoms with van der Waals surface area (Å²) in [6, 6.07) is 13.9. The number of fused-ring (bicyclic) bond motifs is 1. The maximum atomic E-state index is 13.5. The van der Waals surface area contributed by atoms with E-state index in [0.29, 0.717) is 75.6 Å². The first-order valence-corrected chi connectivity index (χ1v) is 26.9. The molecule has 2 bridgehead atoms. The molecule has 0 spiro atoms. The van der Waals surface area contributed by atoms with Crippen molar-refractivity contribution in [2.24, 2.45) is 53.1 Å². The van der Waals surface area contributed by atoms with Crippen LogP contribution in [-0.4, -0.2) is 65.9 Å². The predicted octanol–water partition coefficient (Wildman–Crippen LogP) is 11.1. The number of phenolic OH excluding ortho intramolecular Hbond substituents is 2. The summed E-state index contributed by atoms with van der Waals surface area (Å²) in [4.78, 5) is 17.4. The standard InChI is InChI=1S/C59H83N3O7/c1-5-7-8-11-36-16-19-41(52(64)28-36)12-9-10-13-42-20-22-46(50-30-44(26-38-24-25-61-54(60)29-38)49-23-21-43(34-59(49,50)69)57(66)55(42)58(67)68)51-31-39(6-2)56(62-51)48-32-45(63)33-53(65)47(48)27-37-14-17-40(18-15-37)35(3)4/h14-19,24,29,31-33,35-36,41-44,46,49-50,52,55,57,61-66,69H,5-13,20-23,25-28,30,34,60H2,1-4H3,(H,67,68)/t36-,41-,42+,43-,44-,46-,49-,50+,52-,55-,57+,59+/m1/s1. The number of aliphatic carboxylic acids is 1. The Morgan fingerprint density at radius 2 is 1.65 bits per heavy atom. The summed E-state index contributed by atoms with van der Waals surface area (Å²) >= 11 is 0. The van der Waals surface area contributed by atoms with Gasteiger partial charge in [-0.3, -0.25) is 4.79 Å². The van der Waals surface area contributed by atoms with Crippen molar-refractivity contribution in [3.63, 3.8) is 0 Å². The molecule has 10 nitrogen and oxygen atoms in total. The van der Waals surface area contributed by atoms with Gasteiger partial charge in [-0.1, -0.05) is 102 Å². The van der Waals surface area contributed by atoms with E-state index in [0.717, 1.165) is 78.6 Å². The number of allylic oxidation sites excluding steroid dienone is 3. The molecule has 0 amide bonds. The third-order valence-corrected chi connectivity index (χ3v) is 17.8. The number of aromatic nitrogens is 1. The largest absolute Gasteiger partial charge is 0.508 e. The fraction of sp³-hybridized carbons (Fsp3) is 0.610. The second-order valence-electron chi connectivity index (χ2n) is 22.4. The van der Waals surface area contributed by atoms with Gasteiger partial charge in [0.15, 0.2) is 0 Å². The number of carboxylic acid groups (broad SMARTS) is 1. The number of hydrogen-bond donors (Lipinski definition) is 9. The molecule has 10 heteroatoms. The number of hydrogen-bond acceptors (Lipinski definition) is 8. The zero-order valence-corrected chi connectivity index (χ0v) is 41.9. The van der Waals surface area contributed by atoms with Gasteiger partial charge >= 0.3 is 5.97 Å². The van der Waals surface area contributed by atoms with E-state index in [-0.39, 0.29) is 59.0 Å². The average molecular weight is 946 g/mol. The maximum Gasteiger partial charge on any atom is 0.309 e. The molecule has 69 heavy (non-hydrogen) atoms. The van der Waals surface area contributed by atoms with Crippen LogP contribution in [0.2, 0.25) is 0 Å². The van der Waals surface area contributed by atoms with E-state index in [1.807, 2.05) is 6.08 Å². The van der Waals surface area contributed by atoms with Crippen LogP contribution in [0, 0.1) is 47.3 Å². The van der Waals surface area contributed by atoms with E-state index in [4.69, 9.17) is 5.73 Å². The summed E-state index contributed by atoms with van der Waals surface area (Å²) < 4.78 is 0. The number of aromatic amines is 1. The Hall–Kier alpha value is -4.51. The van der Waals surface area contributed by atoms with Crippen LogP contribution in [0.25, 0.3) is 11.3 Å². The summed E-state index contributed by atoms with van der Waals surface area (Å²) in [5.41, 5.74) is 12.9. The zero-order chi connectivity index (χ0) is 49.0. The number of aromatic hydroxyl groups is 2. The Morgan fingerprint density at radius 3 is 2.36 bits per heavy atom. The SMILES string of the molecule is CCCCC[C@@H]1C=C[C@@H](CCCC[C@H]2CC[C@@H](c3cc(CC)c(-c4cc(O)cc(O)c4Cc4ccc(C(C)C)cc4)[nH]3)[C@@H]3C[C@@H](CC4=CCNC(N)=C4)[C@H]4CC[C@H](C[C@]43O)[C@H](O)[C@@H]2C(=O)O)[C@H](O)C1. The van der Waals surface area contributed by atoms with Crippen molar-refractivity contribution in [3.8, 4) is 22.8 Å². The molecule has 3 fully saturated rings. The highest BCUT2D eigenvalue weighted by atomic mass is 16.4. The molecule has 4 aliphatic carbocycles. The van der Waals surface area contributed by atoms with Gasteiger partial charge in [-0.25, -0.2) is 0 Å². The molecule has 5 aliphatic rings. The van der Waals surface area contributed by atoms with Crippen molar-refractivity contribution in [1.82, 2.24) is 10.3 Å². The van der Waals surface area contributed by atoms with E-state index in [1.165, 1.54) is 36.5 Å². The smallest absolute Gasteiger partial charge is 0.309 e. The average Bonchev–Trinajstić information content (AvgIpc) is 3.87. The van der Waals surface area contributed by atoms with Crippen molar-refractivity contribution in [2.45, 2.75) is 173 Å². The highest BCUT2D eigenvalue weighted by molar-refractivity contribution is 5.73. The molecule has 1 aliphatic heterocycles. The summed E-state index contributed by atoms with van der Waals surface area (Å²) in [6.45, 7) is 9.34. The Bertz CT molecular complexity index is 2310. The lowest BCUT2D eigenvalue weighted by Gasteiger charge is -2.49. The molecule has 2 heterocycles. The summed E-state index contributed by atoms with van der Waals surface area (Å²) in [5, 5.41) is 73.7. The van der Waals surface area contributed by atoms with E-state index < -0.39 is 23.6 Å². The van der Waals surface area contributed by atoms with Gasteiger partial charge in [-0.15, -0.1) is 0 Å². The number of aliphatic hydroxyl groups excluding tert-OH is 2. The number of carboxylic acids is 1. The van der Waals surface area contributed by atoms with Crippen molar-refractivity contribution < 1.29 is 35.4 Å². The molecule has 376 valence electrons. The lowest BCUT2D eigenvalue weighted by molar-refractivity contribution is -0.158. The van der Waals surface area contributed by atoms with Crippen LogP contribution in [0.15, 0.2) is 78.2 Å². The lowest BCUT2D eigenvalue weighted by atomic mass is 9.60. The van der Waals surface area contributed by atoms with Crippen LogP contribution in [0.5, 0.6) is 11.5 Å². The van der Waals surface area contributed by atoms with E-state index in [2.05, 4.69) is 86.6 Å². The van der Waals surface area contributed by atoms with E-state index in [1.54, 1.807) is 6.07 Å². The highest BCUT2D eigenvalue weighted by Gasteiger charge is 2.60. The van der Waals surface area contributed by atoms with Gasteiger partial charge in [0.2, 0.25) is 0 Å². The zero-order valence-electron chi connectivity index (χ0n) is 41.9. The van der Waals surface area contributed by atoms with Gasteiger partial charge in [0.1, 0.15) is 11.5 Å². The lowest BCUT2D eigenvalue weighted by Crippen LogP contribution is -2.52. The number of aryl methyl sites for hydroxylation is 1. The number of rotatable bonds is 18.